The molecule has 3 rings (SSSR count). The molecule has 0 amide bonds. The molecule has 1 aliphatic rings. The third-order valence-electron chi connectivity index (χ3n) is 3.67. The molecule has 0 unspecified atom stereocenters. The van der Waals surface area contributed by atoms with Gasteiger partial charge in [-0.15, -0.1) is 0 Å². The van der Waals surface area contributed by atoms with Crippen LogP contribution in [0.25, 0.3) is 5.69 Å². The predicted molar refractivity (Wildman–Crippen MR) is 87.1 cm³/mol. The van der Waals surface area contributed by atoms with Crippen LogP contribution >= 0.6 is 0 Å². The van der Waals surface area contributed by atoms with E-state index >= 15 is 0 Å². The molecule has 0 fully saturated rings. The first kappa shape index (κ1) is 17.5. The summed E-state index contributed by atoms with van der Waals surface area (Å²) < 4.78 is 21.5. The highest BCUT2D eigenvalue weighted by molar-refractivity contribution is 6.00. The Morgan fingerprint density at radius 1 is 1.00 bits per heavy atom. The van der Waals surface area contributed by atoms with Crippen molar-refractivity contribution in [3.63, 3.8) is 0 Å². The van der Waals surface area contributed by atoms with Crippen LogP contribution in [0.4, 0.5) is 0 Å². The molecule has 1 aliphatic heterocycles. The molecular weight excluding hydrogens is 346 g/mol. The standard InChI is InChI=1S/C17H17NO8/c1-3-23-16(21)12-14(19)15(20)13(17(22)24-4-2)18(12)9-5-6-10-11(7-9)26-8-25-10/h5-7,19-20H,3-4,8H2,1-2H3. The molecule has 138 valence electrons. The Morgan fingerprint density at radius 2 is 1.54 bits per heavy atom. The number of esters is 2. The summed E-state index contributed by atoms with van der Waals surface area (Å²) in [6.07, 6.45) is 0. The van der Waals surface area contributed by atoms with Gasteiger partial charge in [-0.05, 0) is 26.0 Å². The van der Waals surface area contributed by atoms with Gasteiger partial charge in [-0.25, -0.2) is 9.59 Å². The number of hydrogen-bond donors (Lipinski definition) is 2. The Balaban J connectivity index is 2.24. The average Bonchev–Trinajstić information content (AvgIpc) is 3.18. The normalized spacial score (nSPS) is 12.1. The van der Waals surface area contributed by atoms with Crippen LogP contribution in [0.3, 0.4) is 0 Å². The van der Waals surface area contributed by atoms with E-state index in [9.17, 15) is 19.8 Å². The summed E-state index contributed by atoms with van der Waals surface area (Å²) in [5, 5.41) is 20.5. The highest BCUT2D eigenvalue weighted by atomic mass is 16.7. The van der Waals surface area contributed by atoms with Crippen LogP contribution in [0.1, 0.15) is 34.8 Å². The minimum Gasteiger partial charge on any atom is -0.503 e. The third-order valence-corrected chi connectivity index (χ3v) is 3.67. The lowest BCUT2D eigenvalue weighted by atomic mass is 10.2. The van der Waals surface area contributed by atoms with Gasteiger partial charge < -0.3 is 29.2 Å². The SMILES string of the molecule is CCOC(=O)c1c(O)c(O)c(C(=O)OCC)n1-c1ccc2c(c1)OCO2. The van der Waals surface area contributed by atoms with Gasteiger partial charge in [0.2, 0.25) is 6.79 Å². The van der Waals surface area contributed by atoms with Gasteiger partial charge in [-0.3, -0.25) is 4.57 Å². The summed E-state index contributed by atoms with van der Waals surface area (Å²) in [6, 6.07) is 4.63. The number of benzene rings is 1. The van der Waals surface area contributed by atoms with Gasteiger partial charge in [-0.2, -0.15) is 0 Å². The Labute approximate surface area is 148 Å². The lowest BCUT2D eigenvalue weighted by Gasteiger charge is -2.12. The van der Waals surface area contributed by atoms with Crippen molar-refractivity contribution in [2.24, 2.45) is 0 Å². The van der Waals surface area contributed by atoms with Crippen molar-refractivity contribution in [1.29, 1.82) is 0 Å². The maximum absolute atomic E-state index is 12.3. The monoisotopic (exact) mass is 363 g/mol. The fraction of sp³-hybridized carbons (Fsp3) is 0.294. The highest BCUT2D eigenvalue weighted by Crippen LogP contribution is 2.41. The Kier molecular flexibility index (Phi) is 4.61. The highest BCUT2D eigenvalue weighted by Gasteiger charge is 2.33. The molecule has 0 atom stereocenters. The fourth-order valence-corrected chi connectivity index (χ4v) is 2.61. The Bertz CT molecular complexity index is 829. The Morgan fingerprint density at radius 3 is 2.08 bits per heavy atom. The topological polar surface area (TPSA) is 116 Å². The zero-order valence-corrected chi connectivity index (χ0v) is 14.1. The van der Waals surface area contributed by atoms with Crippen LogP contribution in [-0.2, 0) is 9.47 Å². The van der Waals surface area contributed by atoms with E-state index in [1.165, 1.54) is 12.1 Å². The summed E-state index contributed by atoms with van der Waals surface area (Å²) >= 11 is 0. The number of fused-ring (bicyclic) bond motifs is 1. The maximum atomic E-state index is 12.3. The van der Waals surface area contributed by atoms with E-state index in [0.717, 1.165) is 4.57 Å². The number of carbonyl (C=O) groups excluding carboxylic acids is 2. The van der Waals surface area contributed by atoms with Crippen molar-refractivity contribution >= 4 is 11.9 Å². The molecule has 2 aromatic rings. The summed E-state index contributed by atoms with van der Waals surface area (Å²) in [7, 11) is 0. The van der Waals surface area contributed by atoms with Crippen LogP contribution in [0.15, 0.2) is 18.2 Å². The molecule has 0 saturated heterocycles. The molecule has 1 aromatic carbocycles. The van der Waals surface area contributed by atoms with E-state index in [1.54, 1.807) is 19.9 Å². The number of carbonyl (C=O) groups is 2. The van der Waals surface area contributed by atoms with E-state index in [4.69, 9.17) is 18.9 Å². The van der Waals surface area contributed by atoms with E-state index in [0.29, 0.717) is 11.5 Å². The molecule has 9 heteroatoms. The van der Waals surface area contributed by atoms with Gasteiger partial charge in [0.1, 0.15) is 0 Å². The second-order valence-electron chi connectivity index (χ2n) is 5.21. The minimum atomic E-state index is -0.909. The van der Waals surface area contributed by atoms with Gasteiger partial charge in [0.25, 0.3) is 0 Å². The van der Waals surface area contributed by atoms with Crippen LogP contribution in [0, 0.1) is 0 Å². The average molecular weight is 363 g/mol. The number of aromatic hydroxyl groups is 2. The molecule has 1 aromatic heterocycles. The van der Waals surface area contributed by atoms with Crippen molar-refractivity contribution in [3.05, 3.63) is 29.6 Å². The summed E-state index contributed by atoms with van der Waals surface area (Å²) in [4.78, 5) is 24.6. The number of nitrogens with zero attached hydrogens (tertiary/aromatic N) is 1. The van der Waals surface area contributed by atoms with E-state index in [-0.39, 0.29) is 25.7 Å². The molecular formula is C17H17NO8. The van der Waals surface area contributed by atoms with Crippen molar-refractivity contribution in [2.45, 2.75) is 13.8 Å². The largest absolute Gasteiger partial charge is 0.503 e. The third kappa shape index (κ3) is 2.77. The summed E-state index contributed by atoms with van der Waals surface area (Å²) in [5.41, 5.74) is -0.520. The zero-order chi connectivity index (χ0) is 18.8. The van der Waals surface area contributed by atoms with Crippen molar-refractivity contribution < 1.29 is 38.7 Å². The van der Waals surface area contributed by atoms with E-state index < -0.39 is 34.8 Å². The van der Waals surface area contributed by atoms with Crippen molar-refractivity contribution in [3.8, 4) is 28.7 Å². The molecule has 2 N–H and O–H groups in total. The maximum Gasteiger partial charge on any atom is 0.359 e. The van der Waals surface area contributed by atoms with Crippen LogP contribution < -0.4 is 9.47 Å². The second-order valence-corrected chi connectivity index (χ2v) is 5.21. The van der Waals surface area contributed by atoms with Crippen LogP contribution in [0.5, 0.6) is 23.0 Å². The number of ether oxygens (including phenoxy) is 4. The first-order chi connectivity index (χ1) is 12.5. The second kappa shape index (κ2) is 6.87. The van der Waals surface area contributed by atoms with Crippen molar-refractivity contribution in [2.75, 3.05) is 20.0 Å². The number of aromatic nitrogens is 1. The molecule has 0 aliphatic carbocycles. The van der Waals surface area contributed by atoms with Crippen LogP contribution in [0.2, 0.25) is 0 Å². The van der Waals surface area contributed by atoms with Crippen molar-refractivity contribution in [1.82, 2.24) is 4.57 Å². The molecule has 0 radical (unpaired) electrons. The van der Waals surface area contributed by atoms with Gasteiger partial charge in [0, 0.05) is 6.07 Å². The molecule has 26 heavy (non-hydrogen) atoms. The van der Waals surface area contributed by atoms with Gasteiger partial charge >= 0.3 is 11.9 Å². The molecule has 0 spiro atoms. The van der Waals surface area contributed by atoms with E-state index in [1.807, 2.05) is 0 Å². The van der Waals surface area contributed by atoms with Gasteiger partial charge in [0.05, 0.1) is 18.9 Å². The number of rotatable bonds is 5. The summed E-state index contributed by atoms with van der Waals surface area (Å²) in [6.45, 7) is 3.31. The minimum absolute atomic E-state index is 0.0381. The fourth-order valence-electron chi connectivity index (χ4n) is 2.61. The first-order valence-corrected chi connectivity index (χ1v) is 7.90. The molecule has 2 heterocycles. The first-order valence-electron chi connectivity index (χ1n) is 7.90. The van der Waals surface area contributed by atoms with Gasteiger partial charge in [-0.1, -0.05) is 0 Å². The smallest absolute Gasteiger partial charge is 0.359 e. The molecule has 0 bridgehead atoms. The van der Waals surface area contributed by atoms with Crippen LogP contribution in [-0.4, -0.2) is 46.7 Å². The summed E-state index contributed by atoms with van der Waals surface area (Å²) in [5.74, 6) is -2.49. The lowest BCUT2D eigenvalue weighted by molar-refractivity contribution is 0.0507. The lowest BCUT2D eigenvalue weighted by Crippen LogP contribution is -2.16. The zero-order valence-electron chi connectivity index (χ0n) is 14.1. The quantitative estimate of drug-likeness (QED) is 0.775. The van der Waals surface area contributed by atoms with E-state index in [2.05, 4.69) is 0 Å². The Hall–Kier alpha value is -3.36. The molecule has 0 saturated carbocycles. The predicted octanol–water partition coefficient (Wildman–Crippen LogP) is 1.97. The molecule has 9 nitrogen and oxygen atoms in total. The van der Waals surface area contributed by atoms with Gasteiger partial charge in [0.15, 0.2) is 34.4 Å². The number of hydrogen-bond acceptors (Lipinski definition) is 8.